The average Bonchev–Trinajstić information content (AvgIpc) is 2.40. The van der Waals surface area contributed by atoms with Crippen LogP contribution >= 0.6 is 0 Å². The second-order valence-corrected chi connectivity index (χ2v) is 5.28. The fourth-order valence-electron chi connectivity index (χ4n) is 1.36. The summed E-state index contributed by atoms with van der Waals surface area (Å²) >= 11 is 0. The monoisotopic (exact) mass is 305 g/mol. The minimum Gasteiger partial charge on any atom is -0.351 e. The molecular weight excluding hydrogens is 285 g/mol. The molecule has 0 bridgehead atoms. The summed E-state index contributed by atoms with van der Waals surface area (Å²) in [5.41, 5.74) is 0.668. The summed E-state index contributed by atoms with van der Waals surface area (Å²) in [5.74, 6) is -1.98. The van der Waals surface area contributed by atoms with Crippen molar-refractivity contribution in [2.24, 2.45) is 0 Å². The summed E-state index contributed by atoms with van der Waals surface area (Å²) in [7, 11) is -4.13. The molecule has 0 aliphatic carbocycles. The Morgan fingerprint density at radius 2 is 1.95 bits per heavy atom. The summed E-state index contributed by atoms with van der Waals surface area (Å²) < 4.78 is 42.8. The van der Waals surface area contributed by atoms with Gasteiger partial charge in [0.1, 0.15) is 5.82 Å². The van der Waals surface area contributed by atoms with Crippen molar-refractivity contribution in [1.82, 2.24) is 5.32 Å². The van der Waals surface area contributed by atoms with E-state index in [4.69, 9.17) is 4.55 Å². The minimum absolute atomic E-state index is 0.135. The Kier molecular flexibility index (Phi) is 8.02. The van der Waals surface area contributed by atoms with Crippen LogP contribution < -0.4 is 5.32 Å². The largest absolute Gasteiger partial charge is 0.351 e. The number of benzene rings is 1. The zero-order valence-electron chi connectivity index (χ0n) is 11.8. The lowest BCUT2D eigenvalue weighted by Crippen LogP contribution is -2.29. The topological polar surface area (TPSA) is 83.5 Å². The van der Waals surface area contributed by atoms with Gasteiger partial charge in [-0.2, -0.15) is 8.42 Å². The van der Waals surface area contributed by atoms with E-state index in [1.807, 2.05) is 20.8 Å². The third-order valence-corrected chi connectivity index (χ3v) is 3.05. The first-order chi connectivity index (χ1) is 9.33. The van der Waals surface area contributed by atoms with E-state index in [1.54, 1.807) is 6.07 Å². The maximum absolute atomic E-state index is 13.4. The molecule has 5 nitrogen and oxygen atoms in total. The van der Waals surface area contributed by atoms with Crippen molar-refractivity contribution in [3.05, 3.63) is 35.1 Å². The molecule has 0 unspecified atom stereocenters. The highest BCUT2D eigenvalue weighted by Gasteiger charge is 2.13. The van der Waals surface area contributed by atoms with E-state index in [9.17, 15) is 17.6 Å². The highest BCUT2D eigenvalue weighted by molar-refractivity contribution is 7.85. The molecule has 1 rings (SSSR count). The van der Waals surface area contributed by atoms with Gasteiger partial charge in [0.25, 0.3) is 16.0 Å². The summed E-state index contributed by atoms with van der Waals surface area (Å²) in [6, 6.07) is 4.18. The van der Waals surface area contributed by atoms with Crippen molar-refractivity contribution in [2.45, 2.75) is 27.2 Å². The smallest absolute Gasteiger partial charge is 0.266 e. The van der Waals surface area contributed by atoms with Crippen LogP contribution in [0.1, 0.15) is 36.7 Å². The van der Waals surface area contributed by atoms with E-state index in [0.717, 1.165) is 5.56 Å². The SMILES string of the molecule is CC.CCc1ccc(F)c(C(=O)NCCS(=O)(=O)O)c1. The molecule has 1 aromatic rings. The number of rotatable bonds is 5. The molecule has 0 fully saturated rings. The van der Waals surface area contributed by atoms with Gasteiger partial charge in [0.15, 0.2) is 0 Å². The van der Waals surface area contributed by atoms with Crippen molar-refractivity contribution in [3.8, 4) is 0 Å². The molecule has 1 aromatic carbocycles. The van der Waals surface area contributed by atoms with Gasteiger partial charge in [-0.05, 0) is 24.1 Å². The van der Waals surface area contributed by atoms with Gasteiger partial charge in [-0.15, -0.1) is 0 Å². The molecule has 0 atom stereocenters. The van der Waals surface area contributed by atoms with Crippen LogP contribution in [0.4, 0.5) is 4.39 Å². The fourth-order valence-corrected chi connectivity index (χ4v) is 1.72. The second-order valence-electron chi connectivity index (χ2n) is 3.71. The van der Waals surface area contributed by atoms with E-state index in [-0.39, 0.29) is 12.1 Å². The van der Waals surface area contributed by atoms with E-state index < -0.39 is 27.6 Å². The van der Waals surface area contributed by atoms with Crippen LogP contribution in [0.25, 0.3) is 0 Å². The predicted molar refractivity (Wildman–Crippen MR) is 75.9 cm³/mol. The quantitative estimate of drug-likeness (QED) is 0.815. The van der Waals surface area contributed by atoms with Crippen molar-refractivity contribution in [1.29, 1.82) is 0 Å². The lowest BCUT2D eigenvalue weighted by Gasteiger charge is -2.06. The number of halogens is 1. The molecule has 7 heteroatoms. The van der Waals surface area contributed by atoms with E-state index in [2.05, 4.69) is 5.32 Å². The van der Waals surface area contributed by atoms with Crippen LogP contribution in [0.3, 0.4) is 0 Å². The molecule has 1 amide bonds. The molecule has 20 heavy (non-hydrogen) atoms. The Morgan fingerprint density at radius 3 is 2.45 bits per heavy atom. The fraction of sp³-hybridized carbons (Fsp3) is 0.462. The summed E-state index contributed by atoms with van der Waals surface area (Å²) in [6.45, 7) is 5.60. The Morgan fingerprint density at radius 1 is 1.35 bits per heavy atom. The molecule has 0 saturated heterocycles. The minimum atomic E-state index is -4.13. The van der Waals surface area contributed by atoms with Gasteiger partial charge in [0.05, 0.1) is 11.3 Å². The number of carbonyl (C=O) groups is 1. The zero-order valence-corrected chi connectivity index (χ0v) is 12.6. The van der Waals surface area contributed by atoms with Gasteiger partial charge >= 0.3 is 0 Å². The standard InChI is InChI=1S/C11H14FNO4S.C2H6/c1-2-8-3-4-10(12)9(7-8)11(14)13-5-6-18(15,16)17;1-2/h3-4,7H,2,5-6H2,1H3,(H,13,14)(H,15,16,17);1-2H3. The summed E-state index contributed by atoms with van der Waals surface area (Å²) in [5, 5.41) is 2.23. The van der Waals surface area contributed by atoms with E-state index in [1.165, 1.54) is 12.1 Å². The van der Waals surface area contributed by atoms with Gasteiger partial charge in [-0.1, -0.05) is 26.8 Å². The number of nitrogens with one attached hydrogen (secondary N) is 1. The molecule has 0 spiro atoms. The van der Waals surface area contributed by atoms with Gasteiger partial charge in [0.2, 0.25) is 0 Å². The zero-order chi connectivity index (χ0) is 15.8. The van der Waals surface area contributed by atoms with Crippen LogP contribution in [0.5, 0.6) is 0 Å². The molecule has 0 radical (unpaired) electrons. The molecule has 0 aliphatic heterocycles. The maximum Gasteiger partial charge on any atom is 0.266 e. The van der Waals surface area contributed by atoms with Crippen LogP contribution in [0.2, 0.25) is 0 Å². The third-order valence-electron chi connectivity index (χ3n) is 2.33. The Labute approximate surface area is 118 Å². The van der Waals surface area contributed by atoms with Crippen molar-refractivity contribution in [2.75, 3.05) is 12.3 Å². The molecule has 0 aliphatic rings. The summed E-state index contributed by atoms with van der Waals surface area (Å²) in [6.07, 6.45) is 0.658. The van der Waals surface area contributed by atoms with Crippen LogP contribution in [-0.2, 0) is 16.5 Å². The van der Waals surface area contributed by atoms with Crippen molar-refractivity contribution >= 4 is 16.0 Å². The molecule has 0 aromatic heterocycles. The van der Waals surface area contributed by atoms with Crippen LogP contribution in [0.15, 0.2) is 18.2 Å². The van der Waals surface area contributed by atoms with Gasteiger partial charge in [-0.25, -0.2) is 4.39 Å². The number of hydrogen-bond donors (Lipinski definition) is 2. The lowest BCUT2D eigenvalue weighted by atomic mass is 10.1. The lowest BCUT2D eigenvalue weighted by molar-refractivity contribution is 0.0952. The summed E-state index contributed by atoms with van der Waals surface area (Å²) in [4.78, 5) is 11.6. The molecule has 0 heterocycles. The van der Waals surface area contributed by atoms with Gasteiger partial charge in [0, 0.05) is 6.54 Å². The Bertz CT molecular complexity index is 543. The van der Waals surface area contributed by atoms with Crippen LogP contribution in [0, 0.1) is 5.82 Å². The Balaban J connectivity index is 0.00000172. The number of amides is 1. The first-order valence-electron chi connectivity index (χ1n) is 6.35. The van der Waals surface area contributed by atoms with Crippen molar-refractivity contribution < 1.29 is 22.2 Å². The number of aryl methyl sites for hydroxylation is 1. The molecule has 2 N–H and O–H groups in total. The van der Waals surface area contributed by atoms with Gasteiger partial charge in [-0.3, -0.25) is 9.35 Å². The highest BCUT2D eigenvalue weighted by atomic mass is 32.2. The molecule has 0 saturated carbocycles. The van der Waals surface area contributed by atoms with E-state index >= 15 is 0 Å². The first kappa shape index (κ1) is 18.5. The highest BCUT2D eigenvalue weighted by Crippen LogP contribution is 2.11. The molecule has 114 valence electrons. The second kappa shape index (κ2) is 8.65. The number of hydrogen-bond acceptors (Lipinski definition) is 3. The van der Waals surface area contributed by atoms with Crippen LogP contribution in [-0.4, -0.2) is 31.2 Å². The Hall–Kier alpha value is -1.47. The molecular formula is C13H20FNO4S. The first-order valence-corrected chi connectivity index (χ1v) is 7.96. The van der Waals surface area contributed by atoms with Crippen molar-refractivity contribution in [3.63, 3.8) is 0 Å². The normalized spacial score (nSPS) is 10.4. The number of carbonyl (C=O) groups excluding carboxylic acids is 1. The van der Waals surface area contributed by atoms with E-state index in [0.29, 0.717) is 6.42 Å². The van der Waals surface area contributed by atoms with Gasteiger partial charge < -0.3 is 5.32 Å². The maximum atomic E-state index is 13.4. The predicted octanol–water partition coefficient (Wildman–Crippen LogP) is 2.03. The average molecular weight is 305 g/mol. The third kappa shape index (κ3) is 6.63.